The Bertz CT molecular complexity index is 271. The number of rotatable bonds is 3. The molecule has 1 rings (SSSR count). The lowest BCUT2D eigenvalue weighted by atomic mass is 10.2. The summed E-state index contributed by atoms with van der Waals surface area (Å²) in [4.78, 5) is 0. The normalized spacial score (nSPS) is 11.3. The lowest BCUT2D eigenvalue weighted by Crippen LogP contribution is -1.84. The standard InChI is InChI=1S/C8H9ClO2P/c1-7-2-4-8(5-3-7)6-11-12(9)10/h2-5H,6H2,1H3/q+1. The minimum Gasteiger partial charge on any atom is -0.126 e. The minimum atomic E-state index is -2.01. The molecule has 0 aliphatic heterocycles. The Morgan fingerprint density at radius 3 is 2.50 bits per heavy atom. The SMILES string of the molecule is Cc1ccc(CO[P+](=O)Cl)cc1. The molecule has 4 heteroatoms. The van der Waals surface area contributed by atoms with Crippen LogP contribution in [0.3, 0.4) is 0 Å². The Balaban J connectivity index is 2.53. The summed E-state index contributed by atoms with van der Waals surface area (Å²) in [5.41, 5.74) is 2.17. The van der Waals surface area contributed by atoms with Crippen molar-refractivity contribution in [1.29, 1.82) is 0 Å². The Morgan fingerprint density at radius 1 is 1.42 bits per heavy atom. The summed E-state index contributed by atoms with van der Waals surface area (Å²) < 4.78 is 15.1. The van der Waals surface area contributed by atoms with Crippen LogP contribution in [-0.2, 0) is 15.7 Å². The number of aryl methyl sites for hydroxylation is 1. The summed E-state index contributed by atoms with van der Waals surface area (Å²) in [6.07, 6.45) is 0. The van der Waals surface area contributed by atoms with E-state index in [2.05, 4.69) is 0 Å². The van der Waals surface area contributed by atoms with Gasteiger partial charge in [-0.05, 0) is 17.1 Å². The number of halogens is 1. The Morgan fingerprint density at radius 2 is 2.00 bits per heavy atom. The average molecular weight is 204 g/mol. The van der Waals surface area contributed by atoms with Gasteiger partial charge in [0.2, 0.25) is 11.2 Å². The molecule has 0 radical (unpaired) electrons. The molecule has 0 amide bonds. The predicted octanol–water partition coefficient (Wildman–Crippen LogP) is 3.41. The summed E-state index contributed by atoms with van der Waals surface area (Å²) in [5, 5.41) is 0. The van der Waals surface area contributed by atoms with Crippen LogP contribution in [-0.4, -0.2) is 0 Å². The largest absolute Gasteiger partial charge is 0.634 e. The van der Waals surface area contributed by atoms with Gasteiger partial charge in [0, 0.05) is 0 Å². The third kappa shape index (κ3) is 3.31. The van der Waals surface area contributed by atoms with Crippen LogP contribution >= 0.6 is 18.6 Å². The highest BCUT2D eigenvalue weighted by molar-refractivity contribution is 7.69. The molecule has 1 unspecified atom stereocenters. The fourth-order valence-electron chi connectivity index (χ4n) is 0.810. The Labute approximate surface area is 77.2 Å². The van der Waals surface area contributed by atoms with Gasteiger partial charge >= 0.3 is 7.38 Å². The second kappa shape index (κ2) is 4.56. The van der Waals surface area contributed by atoms with Crippen LogP contribution in [0.25, 0.3) is 0 Å². The quantitative estimate of drug-likeness (QED) is 0.704. The molecule has 0 saturated heterocycles. The summed E-state index contributed by atoms with van der Waals surface area (Å²) in [5.74, 6) is 0. The van der Waals surface area contributed by atoms with Crippen molar-refractivity contribution in [3.63, 3.8) is 0 Å². The smallest absolute Gasteiger partial charge is 0.126 e. The van der Waals surface area contributed by atoms with Crippen LogP contribution in [0.4, 0.5) is 0 Å². The van der Waals surface area contributed by atoms with Crippen molar-refractivity contribution in [2.75, 3.05) is 0 Å². The molecule has 0 aliphatic carbocycles. The maximum atomic E-state index is 10.4. The fraction of sp³-hybridized carbons (Fsp3) is 0.250. The highest BCUT2D eigenvalue weighted by Crippen LogP contribution is 2.28. The van der Waals surface area contributed by atoms with E-state index in [1.54, 1.807) is 0 Å². The molecule has 12 heavy (non-hydrogen) atoms. The van der Waals surface area contributed by atoms with Crippen LogP contribution in [0.15, 0.2) is 24.3 Å². The number of hydrogen-bond donors (Lipinski definition) is 0. The minimum absolute atomic E-state index is 0.305. The molecule has 0 aromatic heterocycles. The molecular weight excluding hydrogens is 195 g/mol. The van der Waals surface area contributed by atoms with E-state index in [0.29, 0.717) is 6.61 Å². The van der Waals surface area contributed by atoms with Crippen molar-refractivity contribution in [2.45, 2.75) is 13.5 Å². The van der Waals surface area contributed by atoms with Gasteiger partial charge in [0.05, 0.1) is 0 Å². The maximum Gasteiger partial charge on any atom is 0.634 e. The molecular formula is C8H9ClO2P+. The average Bonchev–Trinajstić information content (AvgIpc) is 2.03. The van der Waals surface area contributed by atoms with E-state index in [-0.39, 0.29) is 0 Å². The second-order valence-electron chi connectivity index (χ2n) is 2.47. The molecule has 0 heterocycles. The first kappa shape index (κ1) is 9.66. The van der Waals surface area contributed by atoms with Crippen molar-refractivity contribution < 1.29 is 9.09 Å². The van der Waals surface area contributed by atoms with Gasteiger partial charge < -0.3 is 0 Å². The number of hydrogen-bond acceptors (Lipinski definition) is 2. The van der Waals surface area contributed by atoms with Crippen LogP contribution < -0.4 is 0 Å². The zero-order valence-electron chi connectivity index (χ0n) is 6.66. The van der Waals surface area contributed by atoms with E-state index in [9.17, 15) is 4.57 Å². The molecule has 0 N–H and O–H groups in total. The summed E-state index contributed by atoms with van der Waals surface area (Å²) in [6.45, 7) is 2.31. The van der Waals surface area contributed by atoms with Crippen molar-refractivity contribution in [2.24, 2.45) is 0 Å². The molecule has 0 spiro atoms. The lowest BCUT2D eigenvalue weighted by Gasteiger charge is -1.94. The molecule has 0 fully saturated rings. The van der Waals surface area contributed by atoms with Crippen LogP contribution in [0.5, 0.6) is 0 Å². The zero-order valence-corrected chi connectivity index (χ0v) is 8.31. The van der Waals surface area contributed by atoms with E-state index in [1.807, 2.05) is 31.2 Å². The second-order valence-corrected chi connectivity index (χ2v) is 3.98. The monoisotopic (exact) mass is 203 g/mol. The Hall–Kier alpha value is -0.430. The molecule has 0 saturated carbocycles. The van der Waals surface area contributed by atoms with Gasteiger partial charge in [0.25, 0.3) is 0 Å². The van der Waals surface area contributed by atoms with Gasteiger partial charge in [0.1, 0.15) is 6.61 Å². The third-order valence-corrected chi connectivity index (χ3v) is 2.08. The molecule has 64 valence electrons. The molecule has 1 aromatic rings. The van der Waals surface area contributed by atoms with Crippen molar-refractivity contribution >= 4 is 18.6 Å². The van der Waals surface area contributed by atoms with E-state index in [1.165, 1.54) is 5.56 Å². The van der Waals surface area contributed by atoms with Crippen molar-refractivity contribution in [3.05, 3.63) is 35.4 Å². The highest BCUT2D eigenvalue weighted by Gasteiger charge is 2.11. The molecule has 1 atom stereocenters. The predicted molar refractivity (Wildman–Crippen MR) is 49.4 cm³/mol. The summed E-state index contributed by atoms with van der Waals surface area (Å²) in [7, 11) is -2.01. The van der Waals surface area contributed by atoms with E-state index >= 15 is 0 Å². The van der Waals surface area contributed by atoms with Gasteiger partial charge in [-0.15, -0.1) is 4.52 Å². The van der Waals surface area contributed by atoms with E-state index in [4.69, 9.17) is 15.8 Å². The van der Waals surface area contributed by atoms with Crippen molar-refractivity contribution in [3.8, 4) is 0 Å². The first-order valence-corrected chi connectivity index (χ1v) is 5.58. The zero-order chi connectivity index (χ0) is 8.97. The topological polar surface area (TPSA) is 26.3 Å². The lowest BCUT2D eigenvalue weighted by molar-refractivity contribution is 0.328. The Kier molecular flexibility index (Phi) is 3.67. The number of benzene rings is 1. The van der Waals surface area contributed by atoms with Crippen LogP contribution in [0.2, 0.25) is 0 Å². The van der Waals surface area contributed by atoms with Gasteiger partial charge in [-0.3, -0.25) is 0 Å². The van der Waals surface area contributed by atoms with Crippen molar-refractivity contribution in [1.82, 2.24) is 0 Å². The summed E-state index contributed by atoms with van der Waals surface area (Å²) >= 11 is 5.15. The molecule has 1 aromatic carbocycles. The van der Waals surface area contributed by atoms with Gasteiger partial charge in [-0.2, -0.15) is 0 Å². The van der Waals surface area contributed by atoms with E-state index < -0.39 is 7.38 Å². The third-order valence-electron chi connectivity index (χ3n) is 1.45. The van der Waals surface area contributed by atoms with E-state index in [0.717, 1.165) is 5.56 Å². The first-order chi connectivity index (χ1) is 5.68. The molecule has 2 nitrogen and oxygen atoms in total. The first-order valence-electron chi connectivity index (χ1n) is 3.50. The summed E-state index contributed by atoms with van der Waals surface area (Å²) in [6, 6.07) is 7.79. The fourth-order valence-corrected chi connectivity index (χ4v) is 1.21. The molecule has 0 aliphatic rings. The van der Waals surface area contributed by atoms with Crippen LogP contribution in [0.1, 0.15) is 11.1 Å². The molecule has 0 bridgehead atoms. The van der Waals surface area contributed by atoms with Crippen LogP contribution in [0, 0.1) is 6.92 Å². The van der Waals surface area contributed by atoms with Gasteiger partial charge in [-0.25, -0.2) is 0 Å². The van der Waals surface area contributed by atoms with Gasteiger partial charge in [-0.1, -0.05) is 29.8 Å². The van der Waals surface area contributed by atoms with Gasteiger partial charge in [0.15, 0.2) is 0 Å². The highest BCUT2D eigenvalue weighted by atomic mass is 35.7. The maximum absolute atomic E-state index is 10.4.